The van der Waals surface area contributed by atoms with Crippen LogP contribution in [0.5, 0.6) is 0 Å². The van der Waals surface area contributed by atoms with Gasteiger partial charge in [-0.25, -0.2) is 18.0 Å². The second-order valence-corrected chi connectivity index (χ2v) is 8.92. The molecule has 2 N–H and O–H groups in total. The maximum Gasteiger partial charge on any atom is 0.340 e. The van der Waals surface area contributed by atoms with Crippen molar-refractivity contribution in [2.75, 3.05) is 24.5 Å². The van der Waals surface area contributed by atoms with Gasteiger partial charge in [0.05, 0.1) is 21.2 Å². The average Bonchev–Trinajstić information content (AvgIpc) is 2.77. The number of aryl methyl sites for hydroxylation is 1. The molecule has 3 rings (SSSR count). The highest BCUT2D eigenvalue weighted by molar-refractivity contribution is 7.92. The number of nitrogens with one attached hydrogen (secondary N) is 2. The molecule has 0 saturated carbocycles. The van der Waals surface area contributed by atoms with Crippen LogP contribution < -0.4 is 14.9 Å². The van der Waals surface area contributed by atoms with Gasteiger partial charge in [-0.2, -0.15) is 0 Å². The lowest BCUT2D eigenvalue weighted by Gasteiger charge is -2.30. The van der Waals surface area contributed by atoms with Gasteiger partial charge in [0, 0.05) is 13.6 Å². The molecule has 0 unspecified atom stereocenters. The van der Waals surface area contributed by atoms with Crippen molar-refractivity contribution in [3.05, 3.63) is 58.6 Å². The zero-order chi connectivity index (χ0) is 22.6. The second kappa shape index (κ2) is 9.36. The standard InChI is InChI=1S/C20H20ClN3O6S/c1-22-20(27)23-18(25)12-30-19(26)15-11-14(8-9-16(15)21)31(28,29)24-10-4-6-13-5-2-3-7-17(13)24/h2-3,5,7-9,11H,4,6,10,12H2,1H3,(H2,22,23,25,27). The highest BCUT2D eigenvalue weighted by Crippen LogP contribution is 2.32. The topological polar surface area (TPSA) is 122 Å². The number of fused-ring (bicyclic) bond motifs is 1. The minimum atomic E-state index is -3.96. The lowest BCUT2D eigenvalue weighted by atomic mass is 10.0. The fourth-order valence-electron chi connectivity index (χ4n) is 3.13. The first-order chi connectivity index (χ1) is 14.7. The Morgan fingerprint density at radius 2 is 1.90 bits per heavy atom. The highest BCUT2D eigenvalue weighted by atomic mass is 35.5. The third kappa shape index (κ3) is 4.97. The molecule has 2 aromatic carbocycles. The summed E-state index contributed by atoms with van der Waals surface area (Å²) >= 11 is 6.06. The van der Waals surface area contributed by atoms with Crippen LogP contribution in [0.1, 0.15) is 22.3 Å². The Morgan fingerprint density at radius 1 is 1.16 bits per heavy atom. The van der Waals surface area contributed by atoms with E-state index in [1.807, 2.05) is 17.4 Å². The molecule has 2 aromatic rings. The quantitative estimate of drug-likeness (QED) is 0.652. The molecule has 0 saturated heterocycles. The Hall–Kier alpha value is -3.11. The van der Waals surface area contributed by atoms with E-state index in [1.165, 1.54) is 23.5 Å². The smallest absolute Gasteiger partial charge is 0.340 e. The van der Waals surface area contributed by atoms with Crippen LogP contribution in [-0.2, 0) is 26.0 Å². The summed E-state index contributed by atoms with van der Waals surface area (Å²) < 4.78 is 32.7. The summed E-state index contributed by atoms with van der Waals surface area (Å²) in [7, 11) is -2.64. The van der Waals surface area contributed by atoms with Crippen molar-refractivity contribution >= 4 is 45.2 Å². The van der Waals surface area contributed by atoms with Crippen molar-refractivity contribution in [1.29, 1.82) is 0 Å². The molecule has 0 atom stereocenters. The predicted octanol–water partition coefficient (Wildman–Crippen LogP) is 2.09. The summed E-state index contributed by atoms with van der Waals surface area (Å²) in [5.41, 5.74) is 1.31. The van der Waals surface area contributed by atoms with E-state index in [0.29, 0.717) is 18.7 Å². The molecule has 0 bridgehead atoms. The van der Waals surface area contributed by atoms with Gasteiger partial charge in [-0.3, -0.25) is 14.4 Å². The Morgan fingerprint density at radius 3 is 2.65 bits per heavy atom. The fraction of sp³-hybridized carbons (Fsp3) is 0.250. The number of anilines is 1. The summed E-state index contributed by atoms with van der Waals surface area (Å²) in [5.74, 6) is -1.84. The molecule has 0 radical (unpaired) electrons. The summed E-state index contributed by atoms with van der Waals surface area (Å²) in [5, 5.41) is 4.09. The number of hydrogen-bond donors (Lipinski definition) is 2. The van der Waals surface area contributed by atoms with Crippen LogP contribution in [0.15, 0.2) is 47.4 Å². The number of nitrogens with zero attached hydrogens (tertiary/aromatic N) is 1. The minimum Gasteiger partial charge on any atom is -0.452 e. The third-order valence-corrected chi connectivity index (χ3v) is 6.77. The number of urea groups is 1. The van der Waals surface area contributed by atoms with Crippen molar-refractivity contribution in [1.82, 2.24) is 10.6 Å². The Labute approximate surface area is 184 Å². The lowest BCUT2D eigenvalue weighted by Crippen LogP contribution is -2.39. The van der Waals surface area contributed by atoms with Crippen molar-refractivity contribution in [3.8, 4) is 0 Å². The number of ether oxygens (including phenoxy) is 1. The Kier molecular flexibility index (Phi) is 6.81. The number of amides is 3. The van der Waals surface area contributed by atoms with E-state index in [9.17, 15) is 22.8 Å². The maximum atomic E-state index is 13.3. The van der Waals surface area contributed by atoms with Gasteiger partial charge in [0.2, 0.25) is 0 Å². The molecule has 11 heteroatoms. The van der Waals surface area contributed by atoms with Gasteiger partial charge in [-0.05, 0) is 42.7 Å². The average molecular weight is 466 g/mol. The van der Waals surface area contributed by atoms with Crippen LogP contribution in [0.4, 0.5) is 10.5 Å². The van der Waals surface area contributed by atoms with E-state index in [2.05, 4.69) is 5.32 Å². The zero-order valence-corrected chi connectivity index (χ0v) is 18.1. The summed E-state index contributed by atoms with van der Waals surface area (Å²) in [6.45, 7) is -0.430. The van der Waals surface area contributed by atoms with Crippen LogP contribution in [0.25, 0.3) is 0 Å². The van der Waals surface area contributed by atoms with Crippen molar-refractivity contribution in [2.24, 2.45) is 0 Å². The van der Waals surface area contributed by atoms with Gasteiger partial charge in [0.15, 0.2) is 6.61 Å². The number of para-hydroxylation sites is 1. The highest BCUT2D eigenvalue weighted by Gasteiger charge is 2.30. The molecular weight excluding hydrogens is 446 g/mol. The van der Waals surface area contributed by atoms with Gasteiger partial charge in [-0.1, -0.05) is 29.8 Å². The number of halogens is 1. The molecule has 31 heavy (non-hydrogen) atoms. The minimum absolute atomic E-state index is 0.0327. The van der Waals surface area contributed by atoms with Crippen LogP contribution in [0, 0.1) is 0 Å². The van der Waals surface area contributed by atoms with Gasteiger partial charge in [0.25, 0.3) is 15.9 Å². The molecule has 3 amide bonds. The second-order valence-electron chi connectivity index (χ2n) is 6.65. The molecule has 9 nitrogen and oxygen atoms in total. The number of esters is 1. The summed E-state index contributed by atoms with van der Waals surface area (Å²) in [6, 6.07) is 10.2. The number of rotatable bonds is 5. The number of benzene rings is 2. The van der Waals surface area contributed by atoms with Crippen molar-refractivity contribution in [3.63, 3.8) is 0 Å². The van der Waals surface area contributed by atoms with Gasteiger partial charge >= 0.3 is 12.0 Å². The number of sulfonamides is 1. The van der Waals surface area contributed by atoms with E-state index in [1.54, 1.807) is 12.1 Å². The fourth-order valence-corrected chi connectivity index (χ4v) is 4.89. The van der Waals surface area contributed by atoms with Crippen LogP contribution in [0.2, 0.25) is 5.02 Å². The largest absolute Gasteiger partial charge is 0.452 e. The van der Waals surface area contributed by atoms with Gasteiger partial charge in [0.1, 0.15) is 0 Å². The molecule has 1 aliphatic rings. The molecule has 0 spiro atoms. The number of imide groups is 1. The van der Waals surface area contributed by atoms with E-state index in [-0.39, 0.29) is 15.5 Å². The lowest BCUT2D eigenvalue weighted by molar-refractivity contribution is -0.123. The molecule has 164 valence electrons. The Bertz CT molecular complexity index is 1140. The number of hydrogen-bond acceptors (Lipinski definition) is 6. The van der Waals surface area contributed by atoms with Gasteiger partial charge < -0.3 is 10.1 Å². The van der Waals surface area contributed by atoms with Crippen LogP contribution >= 0.6 is 11.6 Å². The van der Waals surface area contributed by atoms with Gasteiger partial charge in [-0.15, -0.1) is 0 Å². The molecule has 0 aliphatic carbocycles. The Balaban J connectivity index is 1.83. The van der Waals surface area contributed by atoms with Crippen molar-refractivity contribution in [2.45, 2.75) is 17.7 Å². The first-order valence-electron chi connectivity index (χ1n) is 9.33. The third-order valence-electron chi connectivity index (χ3n) is 4.63. The maximum absolute atomic E-state index is 13.3. The first kappa shape index (κ1) is 22.6. The predicted molar refractivity (Wildman–Crippen MR) is 114 cm³/mol. The van der Waals surface area contributed by atoms with Crippen LogP contribution in [-0.4, -0.2) is 46.5 Å². The van der Waals surface area contributed by atoms with E-state index in [4.69, 9.17) is 16.3 Å². The SMILES string of the molecule is CNC(=O)NC(=O)COC(=O)c1cc(S(=O)(=O)N2CCCc3ccccc32)ccc1Cl. The monoisotopic (exact) mass is 465 g/mol. The van der Waals surface area contributed by atoms with E-state index in [0.717, 1.165) is 18.1 Å². The summed E-state index contributed by atoms with van der Waals surface area (Å²) in [4.78, 5) is 35.0. The normalized spacial score (nSPS) is 13.2. The number of carbonyl (C=O) groups is 3. The molecular formula is C20H20ClN3O6S. The summed E-state index contributed by atoms with van der Waals surface area (Å²) in [6.07, 6.45) is 1.44. The molecule has 1 aliphatic heterocycles. The molecule has 0 aromatic heterocycles. The molecule has 0 fully saturated rings. The van der Waals surface area contributed by atoms with E-state index >= 15 is 0 Å². The van der Waals surface area contributed by atoms with E-state index < -0.39 is 34.5 Å². The van der Waals surface area contributed by atoms with Crippen LogP contribution in [0.3, 0.4) is 0 Å². The first-order valence-corrected chi connectivity index (χ1v) is 11.1. The molecule has 1 heterocycles. The van der Waals surface area contributed by atoms with Crippen molar-refractivity contribution < 1.29 is 27.5 Å². The number of carbonyl (C=O) groups excluding carboxylic acids is 3. The zero-order valence-electron chi connectivity index (χ0n) is 16.6.